The average molecular weight is 144 g/mol. The first-order valence-corrected chi connectivity index (χ1v) is 3.01. The summed E-state index contributed by atoms with van der Waals surface area (Å²) < 4.78 is 0. The van der Waals surface area contributed by atoms with Crippen LogP contribution in [0.25, 0.3) is 0 Å². The van der Waals surface area contributed by atoms with Gasteiger partial charge in [0.25, 0.3) is 0 Å². The summed E-state index contributed by atoms with van der Waals surface area (Å²) in [6.45, 7) is 1.64. The zero-order valence-corrected chi connectivity index (χ0v) is 5.44. The van der Waals surface area contributed by atoms with Gasteiger partial charge < -0.3 is 10.2 Å². The van der Waals surface area contributed by atoms with E-state index in [0.29, 0.717) is 0 Å². The fourth-order valence-corrected chi connectivity index (χ4v) is 1.22. The molecule has 0 aromatic heterocycles. The van der Waals surface area contributed by atoms with E-state index in [1.54, 1.807) is 6.92 Å². The number of carbonyl (C=O) groups is 2. The number of carboxylic acid groups (broad SMARTS) is 2. The lowest BCUT2D eigenvalue weighted by molar-refractivity contribution is -0.144. The molecule has 1 fully saturated rings. The van der Waals surface area contributed by atoms with Gasteiger partial charge in [0.05, 0.1) is 11.8 Å². The summed E-state index contributed by atoms with van der Waals surface area (Å²) in [6.07, 6.45) is 0. The summed E-state index contributed by atoms with van der Waals surface area (Å²) >= 11 is 0. The van der Waals surface area contributed by atoms with Gasteiger partial charge in [-0.05, 0) is 5.92 Å². The normalized spacial score (nSPS) is 37.1. The van der Waals surface area contributed by atoms with Crippen LogP contribution >= 0.6 is 0 Å². The van der Waals surface area contributed by atoms with Crippen molar-refractivity contribution in [2.75, 3.05) is 0 Å². The molecule has 0 unspecified atom stereocenters. The van der Waals surface area contributed by atoms with E-state index in [0.717, 1.165) is 0 Å². The van der Waals surface area contributed by atoms with Gasteiger partial charge in [-0.25, -0.2) is 0 Å². The Bertz CT molecular complexity index is 166. The lowest BCUT2D eigenvalue weighted by atomic mass is 10.3. The van der Waals surface area contributed by atoms with Gasteiger partial charge >= 0.3 is 11.9 Å². The minimum absolute atomic E-state index is 0.199. The van der Waals surface area contributed by atoms with Gasteiger partial charge in [0.15, 0.2) is 0 Å². The number of rotatable bonds is 2. The van der Waals surface area contributed by atoms with Crippen molar-refractivity contribution < 1.29 is 19.8 Å². The molecule has 0 saturated heterocycles. The Morgan fingerprint density at radius 1 is 1.10 bits per heavy atom. The molecule has 0 aliphatic heterocycles. The molecule has 10 heavy (non-hydrogen) atoms. The van der Waals surface area contributed by atoms with Crippen LogP contribution in [0.5, 0.6) is 0 Å². The first-order valence-electron chi connectivity index (χ1n) is 3.01. The van der Waals surface area contributed by atoms with E-state index in [9.17, 15) is 9.59 Å². The van der Waals surface area contributed by atoms with Crippen molar-refractivity contribution in [2.24, 2.45) is 17.8 Å². The maximum absolute atomic E-state index is 10.2. The minimum atomic E-state index is -1.00. The second-order valence-corrected chi connectivity index (χ2v) is 2.59. The first-order chi connectivity index (χ1) is 4.55. The SMILES string of the molecule is CC1[C@@H](C(=O)O)[C@@H]1C(=O)O. The van der Waals surface area contributed by atoms with Crippen LogP contribution < -0.4 is 0 Å². The lowest BCUT2D eigenvalue weighted by Crippen LogP contribution is -2.05. The molecule has 0 spiro atoms. The van der Waals surface area contributed by atoms with Crippen LogP contribution in [-0.4, -0.2) is 22.2 Å². The van der Waals surface area contributed by atoms with Gasteiger partial charge in [0, 0.05) is 0 Å². The van der Waals surface area contributed by atoms with Crippen LogP contribution in [0.1, 0.15) is 6.92 Å². The molecule has 56 valence electrons. The highest BCUT2D eigenvalue weighted by Crippen LogP contribution is 2.45. The molecule has 0 bridgehead atoms. The molecule has 1 rings (SSSR count). The number of aliphatic carboxylic acids is 2. The van der Waals surface area contributed by atoms with Gasteiger partial charge in [0.2, 0.25) is 0 Å². The topological polar surface area (TPSA) is 74.6 Å². The van der Waals surface area contributed by atoms with E-state index in [2.05, 4.69) is 0 Å². The van der Waals surface area contributed by atoms with Crippen LogP contribution in [0.15, 0.2) is 0 Å². The molecule has 1 aliphatic rings. The van der Waals surface area contributed by atoms with Crippen LogP contribution in [0, 0.1) is 17.8 Å². The summed E-state index contributed by atoms with van der Waals surface area (Å²) in [5, 5.41) is 16.8. The van der Waals surface area contributed by atoms with Crippen molar-refractivity contribution >= 4 is 11.9 Å². The van der Waals surface area contributed by atoms with E-state index in [1.165, 1.54) is 0 Å². The molecule has 1 aliphatic carbocycles. The standard InChI is InChI=1S/C6H8O4/c1-2-3(5(7)8)4(2)6(9)10/h2-4H,1H3,(H,7,8)(H,9,10)/t3-,4-/m1/s1. The predicted molar refractivity (Wildman–Crippen MR) is 31.4 cm³/mol. The third kappa shape index (κ3) is 0.853. The number of carboxylic acids is 2. The van der Waals surface area contributed by atoms with E-state index in [1.807, 2.05) is 0 Å². The van der Waals surface area contributed by atoms with Crippen LogP contribution in [0.4, 0.5) is 0 Å². The molecular weight excluding hydrogens is 136 g/mol. The van der Waals surface area contributed by atoms with E-state index < -0.39 is 23.8 Å². The molecule has 0 radical (unpaired) electrons. The number of hydrogen-bond acceptors (Lipinski definition) is 2. The van der Waals surface area contributed by atoms with Crippen LogP contribution in [0.2, 0.25) is 0 Å². The Hall–Kier alpha value is -1.06. The van der Waals surface area contributed by atoms with Gasteiger partial charge in [-0.2, -0.15) is 0 Å². The largest absolute Gasteiger partial charge is 0.481 e. The Morgan fingerprint density at radius 2 is 1.40 bits per heavy atom. The molecule has 4 nitrogen and oxygen atoms in total. The molecule has 0 heterocycles. The zero-order chi connectivity index (χ0) is 7.89. The highest BCUT2D eigenvalue weighted by molar-refractivity contribution is 5.86. The van der Waals surface area contributed by atoms with E-state index >= 15 is 0 Å². The molecule has 0 amide bonds. The molecule has 0 aromatic rings. The molecule has 2 atom stereocenters. The molecule has 0 aromatic carbocycles. The quantitative estimate of drug-likeness (QED) is 0.573. The zero-order valence-electron chi connectivity index (χ0n) is 5.44. The molecular formula is C6H8O4. The summed E-state index contributed by atoms with van der Waals surface area (Å²) in [5.74, 6) is -3.51. The van der Waals surface area contributed by atoms with Crippen molar-refractivity contribution in [2.45, 2.75) is 6.92 Å². The maximum atomic E-state index is 10.2. The maximum Gasteiger partial charge on any atom is 0.307 e. The second kappa shape index (κ2) is 1.97. The van der Waals surface area contributed by atoms with E-state index in [4.69, 9.17) is 10.2 Å². The average Bonchev–Trinajstić information content (AvgIpc) is 2.40. The summed E-state index contributed by atoms with van der Waals surface area (Å²) in [6, 6.07) is 0. The Labute approximate surface area is 57.5 Å². The van der Waals surface area contributed by atoms with Crippen LogP contribution in [-0.2, 0) is 9.59 Å². The van der Waals surface area contributed by atoms with Gasteiger partial charge in [-0.3, -0.25) is 9.59 Å². The van der Waals surface area contributed by atoms with Gasteiger partial charge in [-0.1, -0.05) is 6.92 Å². The van der Waals surface area contributed by atoms with Crippen molar-refractivity contribution in [1.82, 2.24) is 0 Å². The summed E-state index contributed by atoms with van der Waals surface area (Å²) in [5.41, 5.74) is 0. The van der Waals surface area contributed by atoms with Crippen LogP contribution in [0.3, 0.4) is 0 Å². The Balaban J connectivity index is 2.57. The highest BCUT2D eigenvalue weighted by atomic mass is 16.4. The highest BCUT2D eigenvalue weighted by Gasteiger charge is 2.56. The van der Waals surface area contributed by atoms with Gasteiger partial charge in [0.1, 0.15) is 0 Å². The third-order valence-electron chi connectivity index (χ3n) is 1.95. The monoisotopic (exact) mass is 144 g/mol. The summed E-state index contributed by atoms with van der Waals surface area (Å²) in [4.78, 5) is 20.4. The molecule has 4 heteroatoms. The first kappa shape index (κ1) is 7.05. The Morgan fingerprint density at radius 3 is 1.50 bits per heavy atom. The predicted octanol–water partition coefficient (Wildman–Crippen LogP) is 0.0377. The molecule has 2 N–H and O–H groups in total. The van der Waals surface area contributed by atoms with Gasteiger partial charge in [-0.15, -0.1) is 0 Å². The fourth-order valence-electron chi connectivity index (χ4n) is 1.22. The number of hydrogen-bond donors (Lipinski definition) is 2. The van der Waals surface area contributed by atoms with Crippen molar-refractivity contribution in [3.8, 4) is 0 Å². The minimum Gasteiger partial charge on any atom is -0.481 e. The second-order valence-electron chi connectivity index (χ2n) is 2.59. The van der Waals surface area contributed by atoms with Crippen molar-refractivity contribution in [1.29, 1.82) is 0 Å². The molecule has 1 saturated carbocycles. The third-order valence-corrected chi connectivity index (χ3v) is 1.95. The fraction of sp³-hybridized carbons (Fsp3) is 0.667. The van der Waals surface area contributed by atoms with E-state index in [-0.39, 0.29) is 5.92 Å². The summed E-state index contributed by atoms with van der Waals surface area (Å²) in [7, 11) is 0. The van der Waals surface area contributed by atoms with Crippen molar-refractivity contribution in [3.63, 3.8) is 0 Å². The smallest absolute Gasteiger partial charge is 0.307 e. The lowest BCUT2D eigenvalue weighted by Gasteiger charge is -1.84. The Kier molecular flexibility index (Phi) is 1.39. The van der Waals surface area contributed by atoms with Crippen molar-refractivity contribution in [3.05, 3.63) is 0 Å².